The van der Waals surface area contributed by atoms with Crippen molar-refractivity contribution in [2.24, 2.45) is 0 Å². The lowest BCUT2D eigenvalue weighted by molar-refractivity contribution is 0.259. The minimum absolute atomic E-state index is 0.390. The molecule has 28 heavy (non-hydrogen) atoms. The molecule has 0 aliphatic carbocycles. The third kappa shape index (κ3) is 5.41. The van der Waals surface area contributed by atoms with Gasteiger partial charge < -0.3 is 14.8 Å². The normalized spacial score (nSPS) is 17.1. The van der Waals surface area contributed by atoms with E-state index in [-0.39, 0.29) is 0 Å². The Morgan fingerprint density at radius 2 is 2.11 bits per heavy atom. The second kappa shape index (κ2) is 10.5. The summed E-state index contributed by atoms with van der Waals surface area (Å²) >= 11 is 9.86. The molecule has 1 atom stereocenters. The standard InChI is InChI=1S/C22H28BrClN2O2/c1-3-26-10-6-8-18(26)14-25-13-16-11-19(23)22(21(12-16)27-2)28-15-17-7-4-5-9-20(17)24/h4-5,7,9,11-12,18,25H,3,6,8,10,13-15H2,1-2H3/t18-/m1/s1. The van der Waals surface area contributed by atoms with Crippen molar-refractivity contribution >= 4 is 27.5 Å². The SMILES string of the molecule is CCN1CCC[C@@H]1CNCc1cc(Br)c(OCc2ccccc2Cl)c(OC)c1. The van der Waals surface area contributed by atoms with E-state index in [1.165, 1.54) is 19.4 Å². The number of methoxy groups -OCH3 is 1. The van der Waals surface area contributed by atoms with Crippen molar-refractivity contribution in [2.75, 3.05) is 26.7 Å². The maximum Gasteiger partial charge on any atom is 0.175 e. The Bertz CT molecular complexity index is 787. The quantitative estimate of drug-likeness (QED) is 0.545. The fourth-order valence-electron chi connectivity index (χ4n) is 3.71. The molecule has 0 bridgehead atoms. The molecule has 0 amide bonds. The van der Waals surface area contributed by atoms with Gasteiger partial charge in [0.05, 0.1) is 11.6 Å². The van der Waals surface area contributed by atoms with Gasteiger partial charge in [-0.3, -0.25) is 4.90 Å². The summed E-state index contributed by atoms with van der Waals surface area (Å²) in [5, 5.41) is 4.30. The lowest BCUT2D eigenvalue weighted by atomic mass is 10.1. The number of hydrogen-bond donors (Lipinski definition) is 1. The molecule has 0 spiro atoms. The number of likely N-dealkylation sites (tertiary alicyclic amines) is 1. The van der Waals surface area contributed by atoms with E-state index in [0.29, 0.717) is 29.2 Å². The minimum Gasteiger partial charge on any atom is -0.493 e. The van der Waals surface area contributed by atoms with Crippen molar-refractivity contribution in [3.05, 3.63) is 57.0 Å². The summed E-state index contributed by atoms with van der Waals surface area (Å²) in [6, 6.07) is 12.5. The van der Waals surface area contributed by atoms with Crippen molar-refractivity contribution in [3.8, 4) is 11.5 Å². The van der Waals surface area contributed by atoms with Crippen LogP contribution in [0.3, 0.4) is 0 Å². The zero-order chi connectivity index (χ0) is 19.9. The van der Waals surface area contributed by atoms with Gasteiger partial charge in [0.15, 0.2) is 11.5 Å². The van der Waals surface area contributed by atoms with Crippen molar-refractivity contribution in [1.82, 2.24) is 10.2 Å². The number of likely N-dealkylation sites (N-methyl/N-ethyl adjacent to an activating group) is 1. The first-order chi connectivity index (χ1) is 13.6. The first-order valence-electron chi connectivity index (χ1n) is 9.79. The van der Waals surface area contributed by atoms with E-state index < -0.39 is 0 Å². The summed E-state index contributed by atoms with van der Waals surface area (Å²) in [7, 11) is 1.67. The third-order valence-electron chi connectivity index (χ3n) is 5.23. The zero-order valence-electron chi connectivity index (χ0n) is 16.5. The third-order valence-corrected chi connectivity index (χ3v) is 6.19. The smallest absolute Gasteiger partial charge is 0.175 e. The van der Waals surface area contributed by atoms with Gasteiger partial charge in [-0.05, 0) is 65.6 Å². The first-order valence-corrected chi connectivity index (χ1v) is 11.0. The van der Waals surface area contributed by atoms with E-state index in [4.69, 9.17) is 21.1 Å². The average molecular weight is 468 g/mol. The second-order valence-electron chi connectivity index (χ2n) is 7.04. The van der Waals surface area contributed by atoms with Gasteiger partial charge in [0.1, 0.15) is 6.61 Å². The number of ether oxygens (including phenoxy) is 2. The van der Waals surface area contributed by atoms with E-state index >= 15 is 0 Å². The van der Waals surface area contributed by atoms with Crippen LogP contribution in [0, 0.1) is 0 Å². The highest BCUT2D eigenvalue weighted by Gasteiger charge is 2.22. The molecule has 1 fully saturated rings. The molecular formula is C22H28BrClN2O2. The number of hydrogen-bond acceptors (Lipinski definition) is 4. The Hall–Kier alpha value is -1.27. The molecule has 1 heterocycles. The van der Waals surface area contributed by atoms with E-state index in [9.17, 15) is 0 Å². The maximum atomic E-state index is 6.23. The fraction of sp³-hybridized carbons (Fsp3) is 0.455. The first kappa shape index (κ1) is 21.4. The molecule has 3 rings (SSSR count). The van der Waals surface area contributed by atoms with Crippen LogP contribution in [0.5, 0.6) is 11.5 Å². The topological polar surface area (TPSA) is 33.7 Å². The average Bonchev–Trinajstić information content (AvgIpc) is 3.15. The molecule has 1 saturated heterocycles. The number of benzene rings is 2. The van der Waals surface area contributed by atoms with Gasteiger partial charge in [-0.2, -0.15) is 0 Å². The predicted octanol–water partition coefficient (Wildman–Crippen LogP) is 5.26. The molecule has 1 aliphatic heterocycles. The molecule has 0 radical (unpaired) electrons. The summed E-state index contributed by atoms with van der Waals surface area (Å²) in [6.45, 7) is 6.79. The highest BCUT2D eigenvalue weighted by molar-refractivity contribution is 9.10. The molecule has 0 unspecified atom stereocenters. The Morgan fingerprint density at radius 3 is 2.86 bits per heavy atom. The van der Waals surface area contributed by atoms with E-state index in [1.807, 2.05) is 30.3 Å². The molecule has 2 aromatic rings. The summed E-state index contributed by atoms with van der Waals surface area (Å²) in [4.78, 5) is 2.55. The Morgan fingerprint density at radius 1 is 1.29 bits per heavy atom. The van der Waals surface area contributed by atoms with Crippen molar-refractivity contribution in [2.45, 2.75) is 39.0 Å². The van der Waals surface area contributed by atoms with Crippen LogP contribution in [0.2, 0.25) is 5.02 Å². The van der Waals surface area contributed by atoms with Gasteiger partial charge in [-0.15, -0.1) is 0 Å². The Kier molecular flexibility index (Phi) is 8.03. The number of halogens is 2. The van der Waals surface area contributed by atoms with Crippen LogP contribution < -0.4 is 14.8 Å². The molecular weight excluding hydrogens is 440 g/mol. The van der Waals surface area contributed by atoms with Crippen molar-refractivity contribution in [1.29, 1.82) is 0 Å². The van der Waals surface area contributed by atoms with Crippen LogP contribution in [0.15, 0.2) is 40.9 Å². The van der Waals surface area contributed by atoms with Gasteiger partial charge in [-0.25, -0.2) is 0 Å². The lowest BCUT2D eigenvalue weighted by Crippen LogP contribution is -2.37. The molecule has 4 nitrogen and oxygen atoms in total. The lowest BCUT2D eigenvalue weighted by Gasteiger charge is -2.23. The summed E-state index contributed by atoms with van der Waals surface area (Å²) in [6.07, 6.45) is 2.58. The number of nitrogens with one attached hydrogen (secondary N) is 1. The van der Waals surface area contributed by atoms with Gasteiger partial charge in [0.2, 0.25) is 0 Å². The molecule has 1 N–H and O–H groups in total. The maximum absolute atomic E-state index is 6.23. The van der Waals surface area contributed by atoms with Gasteiger partial charge >= 0.3 is 0 Å². The fourth-order valence-corrected chi connectivity index (χ4v) is 4.50. The zero-order valence-corrected chi connectivity index (χ0v) is 18.9. The predicted molar refractivity (Wildman–Crippen MR) is 118 cm³/mol. The van der Waals surface area contributed by atoms with Crippen LogP contribution in [0.25, 0.3) is 0 Å². The van der Waals surface area contributed by atoms with Gasteiger partial charge in [0, 0.05) is 29.7 Å². The molecule has 1 aliphatic rings. The van der Waals surface area contributed by atoms with E-state index in [1.54, 1.807) is 7.11 Å². The van der Waals surface area contributed by atoms with Gasteiger partial charge in [-0.1, -0.05) is 36.7 Å². The van der Waals surface area contributed by atoms with Crippen LogP contribution in [-0.4, -0.2) is 37.7 Å². The van der Waals surface area contributed by atoms with Crippen LogP contribution in [0.1, 0.15) is 30.9 Å². The van der Waals surface area contributed by atoms with Crippen molar-refractivity contribution < 1.29 is 9.47 Å². The Labute approximate surface area is 181 Å². The Balaban J connectivity index is 1.61. The van der Waals surface area contributed by atoms with E-state index in [2.05, 4.69) is 39.1 Å². The molecule has 2 aromatic carbocycles. The second-order valence-corrected chi connectivity index (χ2v) is 8.31. The van der Waals surface area contributed by atoms with Gasteiger partial charge in [0.25, 0.3) is 0 Å². The highest BCUT2D eigenvalue weighted by Crippen LogP contribution is 2.37. The minimum atomic E-state index is 0.390. The highest BCUT2D eigenvalue weighted by atomic mass is 79.9. The molecule has 0 saturated carbocycles. The summed E-state index contributed by atoms with van der Waals surface area (Å²) in [5.74, 6) is 1.41. The molecule has 6 heteroatoms. The summed E-state index contributed by atoms with van der Waals surface area (Å²) in [5.41, 5.74) is 2.11. The monoisotopic (exact) mass is 466 g/mol. The van der Waals surface area contributed by atoms with E-state index in [0.717, 1.165) is 35.2 Å². The van der Waals surface area contributed by atoms with Crippen LogP contribution in [0.4, 0.5) is 0 Å². The largest absolute Gasteiger partial charge is 0.493 e. The van der Waals surface area contributed by atoms with Crippen molar-refractivity contribution in [3.63, 3.8) is 0 Å². The number of rotatable bonds is 9. The number of nitrogens with zero attached hydrogens (tertiary/aromatic N) is 1. The molecule has 0 aromatic heterocycles. The molecule has 152 valence electrons. The summed E-state index contributed by atoms with van der Waals surface area (Å²) < 4.78 is 12.5. The van der Waals surface area contributed by atoms with Crippen LogP contribution >= 0.6 is 27.5 Å². The van der Waals surface area contributed by atoms with Crippen LogP contribution in [-0.2, 0) is 13.2 Å².